The molecular weight excluding hydrogens is 256 g/mol. The summed E-state index contributed by atoms with van der Waals surface area (Å²) in [6.45, 7) is 0.722. The normalized spacial score (nSPS) is 10.3. The Balaban J connectivity index is 2.02. The summed E-state index contributed by atoms with van der Waals surface area (Å²) < 4.78 is 2.82. The summed E-state index contributed by atoms with van der Waals surface area (Å²) in [5.74, 6) is 0. The quantitative estimate of drug-likeness (QED) is 0.926. The number of hydrogen-bond acceptors (Lipinski definition) is 3. The Hall–Kier alpha value is -1.36. The number of aromatic nitrogens is 3. The van der Waals surface area contributed by atoms with E-state index in [0.717, 1.165) is 22.4 Å². The molecule has 2 rings (SSSR count). The zero-order valence-corrected chi connectivity index (χ0v) is 9.90. The largest absolute Gasteiger partial charge is 0.379 e. The third-order valence-electron chi connectivity index (χ3n) is 2.11. The van der Waals surface area contributed by atoms with Crippen LogP contribution in [0.2, 0.25) is 0 Å². The van der Waals surface area contributed by atoms with Gasteiger partial charge in [-0.3, -0.25) is 4.68 Å². The third-order valence-corrected chi connectivity index (χ3v) is 2.60. The average molecular weight is 267 g/mol. The van der Waals surface area contributed by atoms with Crippen molar-refractivity contribution in [3.05, 3.63) is 40.6 Å². The summed E-state index contributed by atoms with van der Waals surface area (Å²) in [6.07, 6.45) is 1.75. The molecule has 0 aliphatic rings. The number of nitrogens with zero attached hydrogens (tertiary/aromatic N) is 3. The summed E-state index contributed by atoms with van der Waals surface area (Å²) in [5.41, 5.74) is 2.13. The molecule has 0 saturated carbocycles. The maximum Gasteiger partial charge on any atom is 0.0774 e. The Morgan fingerprint density at radius 2 is 2.33 bits per heavy atom. The summed E-state index contributed by atoms with van der Waals surface area (Å²) in [7, 11) is 1.88. The van der Waals surface area contributed by atoms with Gasteiger partial charge < -0.3 is 5.32 Å². The third kappa shape index (κ3) is 2.56. The molecule has 0 aliphatic carbocycles. The highest BCUT2D eigenvalue weighted by molar-refractivity contribution is 9.10. The van der Waals surface area contributed by atoms with Gasteiger partial charge in [-0.15, -0.1) is 5.10 Å². The van der Waals surface area contributed by atoms with Crippen molar-refractivity contribution in [3.63, 3.8) is 0 Å². The zero-order chi connectivity index (χ0) is 10.7. The van der Waals surface area contributed by atoms with Gasteiger partial charge in [0.1, 0.15) is 0 Å². The summed E-state index contributed by atoms with van der Waals surface area (Å²) in [6, 6.07) is 8.04. The minimum atomic E-state index is 0.722. The van der Waals surface area contributed by atoms with Gasteiger partial charge in [-0.05, 0) is 18.2 Å². The molecule has 0 saturated heterocycles. The van der Waals surface area contributed by atoms with Crippen LogP contribution in [0.5, 0.6) is 0 Å². The van der Waals surface area contributed by atoms with Crippen LogP contribution in [0.4, 0.5) is 5.69 Å². The van der Waals surface area contributed by atoms with Crippen LogP contribution in [0.3, 0.4) is 0 Å². The van der Waals surface area contributed by atoms with E-state index in [1.165, 1.54) is 0 Å². The van der Waals surface area contributed by atoms with Crippen LogP contribution in [0.15, 0.2) is 34.9 Å². The molecule has 78 valence electrons. The number of anilines is 1. The second-order valence-corrected chi connectivity index (χ2v) is 4.13. The van der Waals surface area contributed by atoms with Crippen molar-refractivity contribution in [2.75, 3.05) is 5.32 Å². The molecule has 2 aromatic rings. The minimum absolute atomic E-state index is 0.722. The van der Waals surface area contributed by atoms with Gasteiger partial charge in [-0.25, -0.2) is 0 Å². The molecule has 0 fully saturated rings. The molecule has 0 aliphatic heterocycles. The fourth-order valence-electron chi connectivity index (χ4n) is 1.26. The average Bonchev–Trinajstić information content (AvgIpc) is 2.61. The van der Waals surface area contributed by atoms with Gasteiger partial charge in [0, 0.05) is 17.2 Å². The Morgan fingerprint density at radius 3 is 3.00 bits per heavy atom. The molecule has 0 atom stereocenters. The number of nitrogens with one attached hydrogen (secondary N) is 1. The predicted molar refractivity (Wildman–Crippen MR) is 62.5 cm³/mol. The van der Waals surface area contributed by atoms with Gasteiger partial charge in [-0.2, -0.15) is 0 Å². The van der Waals surface area contributed by atoms with E-state index >= 15 is 0 Å². The maximum absolute atomic E-state index is 3.86. The molecule has 0 amide bonds. The SMILES string of the molecule is Cn1nncc1CNc1cccc(Br)c1. The minimum Gasteiger partial charge on any atom is -0.379 e. The van der Waals surface area contributed by atoms with Gasteiger partial charge >= 0.3 is 0 Å². The first-order chi connectivity index (χ1) is 7.25. The van der Waals surface area contributed by atoms with Crippen LogP contribution < -0.4 is 5.32 Å². The standard InChI is InChI=1S/C10H11BrN4/c1-15-10(7-13-14-15)6-12-9-4-2-3-8(11)5-9/h2-5,7,12H,6H2,1H3. The first-order valence-electron chi connectivity index (χ1n) is 4.59. The lowest BCUT2D eigenvalue weighted by Gasteiger charge is -2.05. The molecule has 0 bridgehead atoms. The zero-order valence-electron chi connectivity index (χ0n) is 8.31. The molecule has 4 nitrogen and oxygen atoms in total. The molecular formula is C10H11BrN4. The van der Waals surface area contributed by atoms with Crippen molar-refractivity contribution in [1.29, 1.82) is 0 Å². The Labute approximate surface area is 96.4 Å². The van der Waals surface area contributed by atoms with Crippen LogP contribution in [-0.2, 0) is 13.6 Å². The van der Waals surface area contributed by atoms with E-state index in [9.17, 15) is 0 Å². The van der Waals surface area contributed by atoms with Gasteiger partial charge in [0.25, 0.3) is 0 Å². The lowest BCUT2D eigenvalue weighted by molar-refractivity contribution is 0.683. The van der Waals surface area contributed by atoms with Gasteiger partial charge in [0.15, 0.2) is 0 Å². The Morgan fingerprint density at radius 1 is 1.47 bits per heavy atom. The lowest BCUT2D eigenvalue weighted by Crippen LogP contribution is -2.05. The highest BCUT2D eigenvalue weighted by Gasteiger charge is 1.99. The Kier molecular flexibility index (Phi) is 3.01. The van der Waals surface area contributed by atoms with E-state index in [1.807, 2.05) is 31.3 Å². The molecule has 0 radical (unpaired) electrons. The fourth-order valence-corrected chi connectivity index (χ4v) is 1.66. The second-order valence-electron chi connectivity index (χ2n) is 3.21. The van der Waals surface area contributed by atoms with Crippen LogP contribution in [0, 0.1) is 0 Å². The molecule has 1 aromatic carbocycles. The van der Waals surface area contributed by atoms with Gasteiger partial charge in [0.2, 0.25) is 0 Å². The lowest BCUT2D eigenvalue weighted by atomic mass is 10.3. The van der Waals surface area contributed by atoms with Crippen LogP contribution >= 0.6 is 15.9 Å². The molecule has 1 heterocycles. The summed E-state index contributed by atoms with van der Waals surface area (Å²) >= 11 is 3.43. The van der Waals surface area contributed by atoms with Crippen LogP contribution in [0.25, 0.3) is 0 Å². The van der Waals surface area contributed by atoms with Gasteiger partial charge in [-0.1, -0.05) is 27.2 Å². The number of hydrogen-bond donors (Lipinski definition) is 1. The molecule has 5 heteroatoms. The summed E-state index contributed by atoms with van der Waals surface area (Å²) in [5, 5.41) is 11.0. The predicted octanol–water partition coefficient (Wildman–Crippen LogP) is 2.19. The topological polar surface area (TPSA) is 42.7 Å². The number of aryl methyl sites for hydroxylation is 1. The van der Waals surface area contributed by atoms with Crippen molar-refractivity contribution in [2.45, 2.75) is 6.54 Å². The van der Waals surface area contributed by atoms with E-state index in [4.69, 9.17) is 0 Å². The molecule has 1 N–H and O–H groups in total. The highest BCUT2D eigenvalue weighted by atomic mass is 79.9. The molecule has 1 aromatic heterocycles. The van der Waals surface area contributed by atoms with Crippen molar-refractivity contribution < 1.29 is 0 Å². The molecule has 0 unspecified atom stereocenters. The Bertz CT molecular complexity index is 452. The first-order valence-corrected chi connectivity index (χ1v) is 5.38. The van der Waals surface area contributed by atoms with Crippen LogP contribution in [-0.4, -0.2) is 15.0 Å². The van der Waals surface area contributed by atoms with Crippen molar-refractivity contribution in [3.8, 4) is 0 Å². The fraction of sp³-hybridized carbons (Fsp3) is 0.200. The number of benzene rings is 1. The van der Waals surface area contributed by atoms with E-state index in [1.54, 1.807) is 10.9 Å². The maximum atomic E-state index is 3.86. The molecule has 15 heavy (non-hydrogen) atoms. The molecule has 0 spiro atoms. The monoisotopic (exact) mass is 266 g/mol. The van der Waals surface area contributed by atoms with E-state index in [2.05, 4.69) is 31.6 Å². The second kappa shape index (κ2) is 4.44. The summed E-state index contributed by atoms with van der Waals surface area (Å²) in [4.78, 5) is 0. The van der Waals surface area contributed by atoms with Crippen molar-refractivity contribution >= 4 is 21.6 Å². The first kappa shape index (κ1) is 10.2. The van der Waals surface area contributed by atoms with Crippen molar-refractivity contribution in [1.82, 2.24) is 15.0 Å². The van der Waals surface area contributed by atoms with Gasteiger partial charge in [0.05, 0.1) is 18.4 Å². The smallest absolute Gasteiger partial charge is 0.0774 e. The van der Waals surface area contributed by atoms with Crippen molar-refractivity contribution in [2.24, 2.45) is 7.05 Å². The van der Waals surface area contributed by atoms with E-state index in [-0.39, 0.29) is 0 Å². The van der Waals surface area contributed by atoms with Crippen LogP contribution in [0.1, 0.15) is 5.69 Å². The van der Waals surface area contributed by atoms with E-state index < -0.39 is 0 Å². The van der Waals surface area contributed by atoms with E-state index in [0.29, 0.717) is 0 Å². The number of rotatable bonds is 3. The number of halogens is 1. The highest BCUT2D eigenvalue weighted by Crippen LogP contribution is 2.16.